The van der Waals surface area contributed by atoms with Crippen LogP contribution < -0.4 is 15.9 Å². The van der Waals surface area contributed by atoms with Crippen LogP contribution in [-0.4, -0.2) is 4.98 Å². The highest BCUT2D eigenvalue weighted by Gasteiger charge is 2.45. The monoisotopic (exact) mass is 488 g/mol. The van der Waals surface area contributed by atoms with Crippen LogP contribution in [0.2, 0.25) is 0 Å². The van der Waals surface area contributed by atoms with E-state index in [0.29, 0.717) is 0 Å². The number of nitrogens with zero attached hydrogens (tertiary/aromatic N) is 1. The number of fused-ring (bicyclic) bond motifs is 1. The van der Waals surface area contributed by atoms with E-state index in [9.17, 15) is 0 Å². The molecule has 0 radical (unpaired) electrons. The van der Waals surface area contributed by atoms with Crippen LogP contribution in [0, 0.1) is 0 Å². The van der Waals surface area contributed by atoms with E-state index in [0.717, 1.165) is 21.8 Å². The quantitative estimate of drug-likeness (QED) is 0.255. The summed E-state index contributed by atoms with van der Waals surface area (Å²) < 4.78 is 2.29. The molecule has 0 amide bonds. The minimum absolute atomic E-state index is 0.892. The van der Waals surface area contributed by atoms with Gasteiger partial charge < -0.3 is 0 Å². The molecule has 3 aromatic carbocycles. The molecule has 4 heteroatoms. The average molecular weight is 489 g/mol. The van der Waals surface area contributed by atoms with E-state index < -0.39 is 7.26 Å². The van der Waals surface area contributed by atoms with Gasteiger partial charge in [0.15, 0.2) is 0 Å². The van der Waals surface area contributed by atoms with Crippen molar-refractivity contribution >= 4 is 60.7 Å². The van der Waals surface area contributed by atoms with Gasteiger partial charge in [-0.3, -0.25) is 0 Å². The average Bonchev–Trinajstić information content (AvgIpc) is 3.19. The highest BCUT2D eigenvalue weighted by molar-refractivity contribution is 9.10. The fraction of sp³-hybridized carbons (Fsp3) is 0.0385. The lowest BCUT2D eigenvalue weighted by Crippen LogP contribution is -2.32. The second-order valence-corrected chi connectivity index (χ2v) is 12.5. The standard InChI is InChI=1S/C26H20BrNPS/c27-24-19-30-25-17-16-20(28-26(24)25)18-29(21-10-4-1-5-11-21,22-12-6-2-7-13-22)23-14-8-3-9-15-23/h1-17,19H,18H2/q+1. The minimum atomic E-state index is -1.92. The number of hydrogen-bond donors (Lipinski definition) is 0. The summed E-state index contributed by atoms with van der Waals surface area (Å²) in [7, 11) is -1.92. The molecule has 1 nitrogen and oxygen atoms in total. The Morgan fingerprint density at radius 1 is 0.667 bits per heavy atom. The Balaban J connectivity index is 1.77. The smallest absolute Gasteiger partial charge is 0.118 e. The zero-order valence-corrected chi connectivity index (χ0v) is 19.6. The summed E-state index contributed by atoms with van der Waals surface area (Å²) in [5.74, 6) is 0. The first-order chi connectivity index (χ1) is 14.8. The Bertz CT molecular complexity index is 1170. The van der Waals surface area contributed by atoms with Crippen molar-refractivity contribution in [3.63, 3.8) is 0 Å². The van der Waals surface area contributed by atoms with Crippen molar-refractivity contribution in [2.45, 2.75) is 6.16 Å². The summed E-state index contributed by atoms with van der Waals surface area (Å²) in [5.41, 5.74) is 2.19. The van der Waals surface area contributed by atoms with Gasteiger partial charge in [-0.1, -0.05) is 54.6 Å². The SMILES string of the molecule is Brc1csc2ccc(C[P+](c3ccccc3)(c3ccccc3)c3ccccc3)nc12. The molecule has 5 aromatic rings. The van der Waals surface area contributed by atoms with Crippen LogP contribution in [0.25, 0.3) is 10.2 Å². The molecule has 0 N–H and O–H groups in total. The Hall–Kier alpha value is -2.32. The van der Waals surface area contributed by atoms with Crippen molar-refractivity contribution in [1.82, 2.24) is 4.98 Å². The van der Waals surface area contributed by atoms with Gasteiger partial charge in [-0.05, 0) is 64.5 Å². The van der Waals surface area contributed by atoms with E-state index in [2.05, 4.69) is 124 Å². The molecule has 0 unspecified atom stereocenters. The van der Waals surface area contributed by atoms with E-state index >= 15 is 0 Å². The van der Waals surface area contributed by atoms with Crippen LogP contribution in [0.3, 0.4) is 0 Å². The normalized spacial score (nSPS) is 11.6. The molecule has 146 valence electrons. The summed E-state index contributed by atoms with van der Waals surface area (Å²) in [6.07, 6.45) is 0.892. The van der Waals surface area contributed by atoms with E-state index in [1.165, 1.54) is 20.6 Å². The van der Waals surface area contributed by atoms with Crippen molar-refractivity contribution in [3.05, 3.63) is 119 Å². The molecule has 0 saturated carbocycles. The summed E-state index contributed by atoms with van der Waals surface area (Å²) in [6.45, 7) is 0. The van der Waals surface area contributed by atoms with Gasteiger partial charge in [0.05, 0.1) is 20.4 Å². The molecule has 5 rings (SSSR count). The van der Waals surface area contributed by atoms with Gasteiger partial charge in [-0.2, -0.15) is 0 Å². The molecule has 2 heterocycles. The van der Waals surface area contributed by atoms with Gasteiger partial charge >= 0.3 is 0 Å². The van der Waals surface area contributed by atoms with Gasteiger partial charge in [-0.15, -0.1) is 11.3 Å². The number of rotatable bonds is 5. The maximum atomic E-state index is 5.09. The molecular formula is C26H20BrNPS+. The number of pyridine rings is 1. The fourth-order valence-electron chi connectivity index (χ4n) is 4.02. The number of hydrogen-bond acceptors (Lipinski definition) is 2. The highest BCUT2D eigenvalue weighted by Crippen LogP contribution is 2.58. The largest absolute Gasteiger partial charge is 0.247 e. The molecule has 0 aliphatic rings. The van der Waals surface area contributed by atoms with E-state index in [-0.39, 0.29) is 0 Å². The molecule has 2 aromatic heterocycles. The zero-order chi connectivity index (χ0) is 20.4. The summed E-state index contributed by atoms with van der Waals surface area (Å²) in [5, 5.41) is 6.27. The summed E-state index contributed by atoms with van der Waals surface area (Å²) in [6, 6.07) is 37.3. The molecule has 30 heavy (non-hydrogen) atoms. The van der Waals surface area contributed by atoms with Crippen LogP contribution in [-0.2, 0) is 6.16 Å². The van der Waals surface area contributed by atoms with Crippen LogP contribution in [0.15, 0.2) is 113 Å². The second-order valence-electron chi connectivity index (χ2n) is 7.21. The van der Waals surface area contributed by atoms with Crippen LogP contribution in [0.5, 0.6) is 0 Å². The van der Waals surface area contributed by atoms with Crippen molar-refractivity contribution in [1.29, 1.82) is 0 Å². The molecule has 0 saturated heterocycles. The van der Waals surface area contributed by atoms with Crippen molar-refractivity contribution in [2.75, 3.05) is 0 Å². The van der Waals surface area contributed by atoms with Crippen molar-refractivity contribution in [2.24, 2.45) is 0 Å². The molecular weight excluding hydrogens is 469 g/mol. The predicted molar refractivity (Wildman–Crippen MR) is 136 cm³/mol. The van der Waals surface area contributed by atoms with Gasteiger partial charge in [0.2, 0.25) is 0 Å². The molecule has 0 aliphatic carbocycles. The Labute approximate surface area is 189 Å². The fourth-order valence-corrected chi connectivity index (χ4v) is 9.64. The number of halogens is 1. The first-order valence-corrected chi connectivity index (χ1v) is 13.5. The maximum Gasteiger partial charge on any atom is 0.118 e. The third-order valence-electron chi connectivity index (χ3n) is 5.42. The lowest BCUT2D eigenvalue weighted by molar-refractivity contribution is 1.21. The summed E-state index contributed by atoms with van der Waals surface area (Å²) in [4.78, 5) is 5.09. The van der Waals surface area contributed by atoms with Gasteiger partial charge in [0.25, 0.3) is 0 Å². The van der Waals surface area contributed by atoms with Crippen LogP contribution >= 0.6 is 34.5 Å². The minimum Gasteiger partial charge on any atom is -0.247 e. The molecule has 0 spiro atoms. The number of thiophene rings is 1. The maximum absolute atomic E-state index is 5.09. The predicted octanol–water partition coefficient (Wildman–Crippen LogP) is 6.55. The van der Waals surface area contributed by atoms with Gasteiger partial charge in [0.1, 0.15) is 29.3 Å². The second kappa shape index (κ2) is 8.43. The highest BCUT2D eigenvalue weighted by atomic mass is 79.9. The zero-order valence-electron chi connectivity index (χ0n) is 16.3. The van der Waals surface area contributed by atoms with E-state index in [4.69, 9.17) is 4.98 Å². The van der Waals surface area contributed by atoms with Gasteiger partial charge in [0, 0.05) is 5.38 Å². The topological polar surface area (TPSA) is 12.9 Å². The lowest BCUT2D eigenvalue weighted by Gasteiger charge is -2.27. The van der Waals surface area contributed by atoms with Crippen molar-refractivity contribution < 1.29 is 0 Å². The Morgan fingerprint density at radius 2 is 1.17 bits per heavy atom. The molecule has 0 atom stereocenters. The Morgan fingerprint density at radius 3 is 1.67 bits per heavy atom. The van der Waals surface area contributed by atoms with Gasteiger partial charge in [-0.25, -0.2) is 4.98 Å². The van der Waals surface area contributed by atoms with E-state index in [1.54, 1.807) is 11.3 Å². The molecule has 0 fully saturated rings. The molecule has 0 aliphatic heterocycles. The van der Waals surface area contributed by atoms with Crippen LogP contribution in [0.1, 0.15) is 5.69 Å². The summed E-state index contributed by atoms with van der Waals surface area (Å²) >= 11 is 5.40. The number of benzene rings is 3. The third kappa shape index (κ3) is 3.52. The first kappa shape index (κ1) is 19.6. The third-order valence-corrected chi connectivity index (χ3v) is 11.6. The lowest BCUT2D eigenvalue weighted by atomic mass is 10.3. The first-order valence-electron chi connectivity index (χ1n) is 9.85. The molecule has 0 bridgehead atoms. The van der Waals surface area contributed by atoms with Crippen LogP contribution in [0.4, 0.5) is 0 Å². The number of aromatic nitrogens is 1. The van der Waals surface area contributed by atoms with E-state index in [1.807, 2.05) is 0 Å². The Kier molecular flexibility index (Phi) is 5.52. The van der Waals surface area contributed by atoms with Crippen molar-refractivity contribution in [3.8, 4) is 0 Å².